The molecule has 260 valence electrons. The maximum Gasteiger partial charge on any atom is 0.0435 e. The fourth-order valence-corrected chi connectivity index (χ4v) is 10.1. The second kappa shape index (κ2) is 11.7. The van der Waals surface area contributed by atoms with Crippen LogP contribution in [-0.4, -0.2) is 0 Å². The lowest BCUT2D eigenvalue weighted by atomic mass is 9.73. The van der Waals surface area contributed by atoms with Crippen molar-refractivity contribution in [3.63, 3.8) is 0 Å². The van der Waals surface area contributed by atoms with Crippen LogP contribution in [0.25, 0.3) is 99.1 Å². The van der Waals surface area contributed by atoms with Crippen molar-refractivity contribution in [1.29, 1.82) is 0 Å². The topological polar surface area (TPSA) is 0 Å². The van der Waals surface area contributed by atoms with Crippen LogP contribution in [0.2, 0.25) is 0 Å². The molecule has 0 heterocycles. The first-order valence-electron chi connectivity index (χ1n) is 19.7. The molecule has 12 rings (SSSR count). The van der Waals surface area contributed by atoms with E-state index in [2.05, 4.69) is 207 Å². The van der Waals surface area contributed by atoms with Gasteiger partial charge < -0.3 is 0 Å². The van der Waals surface area contributed by atoms with Crippen LogP contribution in [0.15, 0.2) is 200 Å². The summed E-state index contributed by atoms with van der Waals surface area (Å²) in [5.74, 6) is 0. The van der Waals surface area contributed by atoms with Gasteiger partial charge in [0.15, 0.2) is 0 Å². The van der Waals surface area contributed by atoms with Gasteiger partial charge in [0.2, 0.25) is 0 Å². The van der Waals surface area contributed by atoms with E-state index in [4.69, 9.17) is 0 Å². The van der Waals surface area contributed by atoms with Gasteiger partial charge in [-0.1, -0.05) is 158 Å². The number of rotatable bonds is 4. The highest BCUT2D eigenvalue weighted by atomic mass is 14.4. The van der Waals surface area contributed by atoms with Crippen LogP contribution in [0, 0.1) is 0 Å². The minimum atomic E-state index is -0.313. The Balaban J connectivity index is 1.13. The molecule has 0 aromatic heterocycles. The third-order valence-corrected chi connectivity index (χ3v) is 12.8. The molecule has 1 atom stereocenters. The van der Waals surface area contributed by atoms with Crippen LogP contribution < -0.4 is 0 Å². The van der Waals surface area contributed by atoms with E-state index in [1.54, 1.807) is 0 Å². The maximum atomic E-state index is 2.49. The van der Waals surface area contributed by atoms with Crippen LogP contribution >= 0.6 is 0 Å². The lowest BCUT2D eigenvalue weighted by Gasteiger charge is -2.29. The molecule has 0 nitrogen and oxygen atoms in total. The predicted octanol–water partition coefficient (Wildman–Crippen LogP) is 15.1. The Labute approximate surface area is 327 Å². The van der Waals surface area contributed by atoms with Gasteiger partial charge in [0.25, 0.3) is 0 Å². The molecule has 56 heavy (non-hydrogen) atoms. The summed E-state index contributed by atoms with van der Waals surface area (Å²) in [6, 6.07) is 75.0. The van der Waals surface area contributed by atoms with Crippen molar-refractivity contribution in [2.45, 2.75) is 12.3 Å². The first kappa shape index (κ1) is 31.3. The summed E-state index contributed by atoms with van der Waals surface area (Å²) in [5, 5.41) is 7.74. The highest BCUT2D eigenvalue weighted by Gasteiger charge is 2.41. The smallest absolute Gasteiger partial charge is 0.0435 e. The highest BCUT2D eigenvalue weighted by Crippen LogP contribution is 2.56. The van der Waals surface area contributed by atoms with Crippen LogP contribution in [0.1, 0.15) is 23.6 Å². The summed E-state index contributed by atoms with van der Waals surface area (Å²) in [6.45, 7) is 2.43. The van der Waals surface area contributed by atoms with Crippen molar-refractivity contribution < 1.29 is 0 Å². The second-order valence-corrected chi connectivity index (χ2v) is 15.8. The highest BCUT2D eigenvalue weighted by molar-refractivity contribution is 6.22. The van der Waals surface area contributed by atoms with E-state index in [0.29, 0.717) is 0 Å². The third-order valence-electron chi connectivity index (χ3n) is 12.8. The van der Waals surface area contributed by atoms with E-state index in [0.717, 1.165) is 0 Å². The molecule has 0 aliphatic heterocycles. The first-order chi connectivity index (χ1) is 27.6. The van der Waals surface area contributed by atoms with Crippen LogP contribution in [0.4, 0.5) is 0 Å². The van der Waals surface area contributed by atoms with Crippen LogP contribution in [0.3, 0.4) is 0 Å². The number of hydrogen-bond donors (Lipinski definition) is 0. The lowest BCUT2D eigenvalue weighted by Crippen LogP contribution is -2.22. The predicted molar refractivity (Wildman–Crippen MR) is 237 cm³/mol. The number of benzene rings is 10. The Kier molecular flexibility index (Phi) is 6.57. The Morgan fingerprint density at radius 2 is 0.893 bits per heavy atom. The SMILES string of the molecule is CC1(c2ccccc2)c2cc(-c3cc(-c4ccccc4)cc(-c4c5c(cc6ccccc46)-c4cccc6cccc-5c46)c3)ccc2-c2cc3ccccc3cc21. The zero-order valence-electron chi connectivity index (χ0n) is 31.1. The normalized spacial score (nSPS) is 14.9. The number of fused-ring (bicyclic) bond motifs is 8. The molecule has 0 fully saturated rings. The Bertz CT molecular complexity index is 3240. The summed E-state index contributed by atoms with van der Waals surface area (Å²) in [6.07, 6.45) is 0. The summed E-state index contributed by atoms with van der Waals surface area (Å²) in [7, 11) is 0. The van der Waals surface area contributed by atoms with Crippen LogP contribution in [0.5, 0.6) is 0 Å². The fourth-order valence-electron chi connectivity index (χ4n) is 10.1. The van der Waals surface area contributed by atoms with Crippen LogP contribution in [-0.2, 0) is 5.41 Å². The minimum absolute atomic E-state index is 0.313. The zero-order chi connectivity index (χ0) is 37.0. The summed E-state index contributed by atoms with van der Waals surface area (Å²) in [4.78, 5) is 0. The van der Waals surface area contributed by atoms with Gasteiger partial charge in [0, 0.05) is 5.41 Å². The Hall–Kier alpha value is -7.02. The van der Waals surface area contributed by atoms with Crippen molar-refractivity contribution in [2.75, 3.05) is 0 Å². The molecule has 10 aromatic rings. The van der Waals surface area contributed by atoms with E-state index in [-0.39, 0.29) is 5.41 Å². The molecule has 10 aromatic carbocycles. The lowest BCUT2D eigenvalue weighted by molar-refractivity contribution is 0.715. The summed E-state index contributed by atoms with van der Waals surface area (Å²) >= 11 is 0. The van der Waals surface area contributed by atoms with Crippen molar-refractivity contribution in [3.05, 3.63) is 217 Å². The Morgan fingerprint density at radius 3 is 1.68 bits per heavy atom. The van der Waals surface area contributed by atoms with Gasteiger partial charge in [0.05, 0.1) is 0 Å². The Morgan fingerprint density at radius 1 is 0.304 bits per heavy atom. The quantitative estimate of drug-likeness (QED) is 0.171. The molecule has 0 radical (unpaired) electrons. The standard InChI is InChI=1S/C56H36/c1-56(44-21-6-3-7-22-44)51-34-39(26-27-46(51)49-31-37-16-8-9-17-38(37)33-52(49)56)42-28-41(35-14-4-2-5-15-35)29-43(30-42)54-45-23-11-10-18-40(45)32-50-47-24-12-19-36-20-13-25-48(53(36)47)55(50)54/h2-34H,1H3. The molecule has 0 amide bonds. The van der Waals surface area contributed by atoms with Crippen molar-refractivity contribution in [3.8, 4) is 66.8 Å². The molecular formula is C56H36. The monoisotopic (exact) mass is 708 g/mol. The van der Waals surface area contributed by atoms with Crippen molar-refractivity contribution in [2.24, 2.45) is 0 Å². The zero-order valence-corrected chi connectivity index (χ0v) is 31.1. The molecule has 0 spiro atoms. The second-order valence-electron chi connectivity index (χ2n) is 15.8. The van der Waals surface area contributed by atoms with Gasteiger partial charge in [-0.2, -0.15) is 0 Å². The van der Waals surface area contributed by atoms with Gasteiger partial charge in [0.1, 0.15) is 0 Å². The molecule has 1 unspecified atom stereocenters. The largest absolute Gasteiger partial charge is 0.0622 e. The van der Waals surface area contributed by atoms with Crippen molar-refractivity contribution >= 4 is 32.3 Å². The van der Waals surface area contributed by atoms with Gasteiger partial charge in [-0.25, -0.2) is 0 Å². The molecule has 0 heteroatoms. The fraction of sp³-hybridized carbons (Fsp3) is 0.0357. The molecule has 0 bridgehead atoms. The van der Waals surface area contributed by atoms with Gasteiger partial charge in [-0.15, -0.1) is 0 Å². The minimum Gasteiger partial charge on any atom is -0.0622 e. The molecule has 2 aliphatic rings. The average Bonchev–Trinajstić information content (AvgIpc) is 3.71. The molecule has 0 saturated carbocycles. The van der Waals surface area contributed by atoms with Gasteiger partial charge in [-0.3, -0.25) is 0 Å². The summed E-state index contributed by atoms with van der Waals surface area (Å²) in [5.41, 5.74) is 19.1. The van der Waals surface area contributed by atoms with Crippen molar-refractivity contribution in [1.82, 2.24) is 0 Å². The van der Waals surface area contributed by atoms with E-state index >= 15 is 0 Å². The first-order valence-corrected chi connectivity index (χ1v) is 19.7. The van der Waals surface area contributed by atoms with E-state index in [1.165, 1.54) is 116 Å². The van der Waals surface area contributed by atoms with E-state index < -0.39 is 0 Å². The third kappa shape index (κ3) is 4.42. The maximum absolute atomic E-state index is 2.49. The summed E-state index contributed by atoms with van der Waals surface area (Å²) < 4.78 is 0. The molecule has 2 aliphatic carbocycles. The van der Waals surface area contributed by atoms with Gasteiger partial charge in [-0.05, 0) is 165 Å². The molecular weight excluding hydrogens is 673 g/mol. The van der Waals surface area contributed by atoms with Gasteiger partial charge >= 0.3 is 0 Å². The molecule has 0 N–H and O–H groups in total. The van der Waals surface area contributed by atoms with E-state index in [1.807, 2.05) is 0 Å². The average molecular weight is 709 g/mol. The number of hydrogen-bond acceptors (Lipinski definition) is 0. The van der Waals surface area contributed by atoms with E-state index in [9.17, 15) is 0 Å². The molecule has 0 saturated heterocycles.